The second-order valence-corrected chi connectivity index (χ2v) is 10.1. The minimum atomic E-state index is -0.324. The Morgan fingerprint density at radius 3 is 2.61 bits per heavy atom. The number of rotatable bonds is 7. The van der Waals surface area contributed by atoms with Crippen LogP contribution >= 0.6 is 22.9 Å². The van der Waals surface area contributed by atoms with E-state index in [9.17, 15) is 9.59 Å². The summed E-state index contributed by atoms with van der Waals surface area (Å²) in [5, 5.41) is 6.63. The fraction of sp³-hybridized carbons (Fsp3) is 0.259. The van der Waals surface area contributed by atoms with Crippen molar-refractivity contribution in [1.29, 1.82) is 0 Å². The molecule has 0 bridgehead atoms. The lowest BCUT2D eigenvalue weighted by molar-refractivity contribution is -0.136. The van der Waals surface area contributed by atoms with Crippen molar-refractivity contribution in [1.82, 2.24) is 19.9 Å². The van der Waals surface area contributed by atoms with Crippen molar-refractivity contribution in [2.75, 3.05) is 13.1 Å². The molecule has 7 nitrogen and oxygen atoms in total. The molecular formula is C27H25ClN4O3S. The maximum Gasteiger partial charge on any atom is 0.264 e. The molecule has 0 aliphatic carbocycles. The number of carbonyl (C=O) groups is 2. The summed E-state index contributed by atoms with van der Waals surface area (Å²) in [6.45, 7) is 0.901. The van der Waals surface area contributed by atoms with Crippen LogP contribution in [0.5, 0.6) is 0 Å². The average molecular weight is 521 g/mol. The second-order valence-electron chi connectivity index (χ2n) is 8.69. The van der Waals surface area contributed by atoms with Gasteiger partial charge in [-0.3, -0.25) is 9.59 Å². The van der Waals surface area contributed by atoms with Gasteiger partial charge in [0.15, 0.2) is 0 Å². The summed E-state index contributed by atoms with van der Waals surface area (Å²) >= 11 is 7.37. The van der Waals surface area contributed by atoms with Crippen LogP contribution in [-0.2, 0) is 11.3 Å². The van der Waals surface area contributed by atoms with Crippen molar-refractivity contribution in [3.8, 4) is 11.4 Å². The number of carbonyl (C=O) groups excluding carboxylic acids is 2. The first-order chi connectivity index (χ1) is 17.6. The average Bonchev–Trinajstić information content (AvgIpc) is 3.62. The number of halogens is 1. The van der Waals surface area contributed by atoms with Crippen LogP contribution in [-0.4, -0.2) is 44.8 Å². The van der Waals surface area contributed by atoms with E-state index < -0.39 is 0 Å². The van der Waals surface area contributed by atoms with Gasteiger partial charge in [0.05, 0.1) is 4.88 Å². The van der Waals surface area contributed by atoms with Crippen molar-refractivity contribution in [2.24, 2.45) is 0 Å². The predicted molar refractivity (Wildman–Crippen MR) is 139 cm³/mol. The van der Waals surface area contributed by atoms with Crippen LogP contribution in [0.1, 0.15) is 46.4 Å². The first-order valence-corrected chi connectivity index (χ1v) is 13.1. The Morgan fingerprint density at radius 2 is 1.86 bits per heavy atom. The van der Waals surface area contributed by atoms with Gasteiger partial charge in [-0.1, -0.05) is 53.2 Å². The zero-order valence-corrected chi connectivity index (χ0v) is 21.1. The normalized spacial score (nSPS) is 15.6. The number of thiophene rings is 1. The van der Waals surface area contributed by atoms with Crippen molar-refractivity contribution in [3.05, 3.63) is 93.5 Å². The molecular weight excluding hydrogens is 496 g/mol. The van der Waals surface area contributed by atoms with E-state index in [1.807, 2.05) is 53.9 Å². The molecule has 2 aromatic carbocycles. The molecule has 1 fully saturated rings. The summed E-state index contributed by atoms with van der Waals surface area (Å²) in [5.74, 6) is 0.579. The van der Waals surface area contributed by atoms with Gasteiger partial charge in [0.25, 0.3) is 5.91 Å². The fourth-order valence-corrected chi connectivity index (χ4v) is 5.20. The Kier molecular flexibility index (Phi) is 7.44. The van der Waals surface area contributed by atoms with Gasteiger partial charge in [0.2, 0.25) is 17.6 Å². The van der Waals surface area contributed by atoms with Crippen LogP contribution in [0.15, 0.2) is 76.6 Å². The first-order valence-electron chi connectivity index (χ1n) is 11.8. The summed E-state index contributed by atoms with van der Waals surface area (Å²) in [7, 11) is 0. The second kappa shape index (κ2) is 11.1. The number of benzene rings is 2. The molecule has 2 aromatic heterocycles. The number of piperidine rings is 1. The van der Waals surface area contributed by atoms with Gasteiger partial charge in [-0.05, 0) is 60.5 Å². The number of hydrogen-bond donors (Lipinski definition) is 0. The number of likely N-dealkylation sites (tertiary alicyclic amines) is 1. The highest BCUT2D eigenvalue weighted by atomic mass is 35.5. The lowest BCUT2D eigenvalue weighted by Gasteiger charge is -2.35. The highest BCUT2D eigenvalue weighted by Crippen LogP contribution is 2.32. The van der Waals surface area contributed by atoms with E-state index in [0.717, 1.165) is 30.4 Å². The summed E-state index contributed by atoms with van der Waals surface area (Å²) < 4.78 is 5.61. The molecule has 4 aromatic rings. The quantitative estimate of drug-likeness (QED) is 0.305. The highest BCUT2D eigenvalue weighted by Gasteiger charge is 2.34. The van der Waals surface area contributed by atoms with E-state index >= 15 is 0 Å². The molecule has 1 saturated heterocycles. The van der Waals surface area contributed by atoms with Crippen molar-refractivity contribution in [3.63, 3.8) is 0 Å². The lowest BCUT2D eigenvalue weighted by Crippen LogP contribution is -2.45. The van der Waals surface area contributed by atoms with Crippen LogP contribution < -0.4 is 0 Å². The molecule has 1 atom stereocenters. The van der Waals surface area contributed by atoms with E-state index in [2.05, 4.69) is 10.1 Å². The molecule has 0 unspecified atom stereocenters. The molecule has 3 heterocycles. The molecule has 0 radical (unpaired) electrons. The van der Waals surface area contributed by atoms with Crippen LogP contribution in [0.2, 0.25) is 5.02 Å². The van der Waals surface area contributed by atoms with Gasteiger partial charge in [-0.15, -0.1) is 11.3 Å². The van der Waals surface area contributed by atoms with E-state index in [0.29, 0.717) is 34.7 Å². The fourth-order valence-electron chi connectivity index (χ4n) is 4.39. The SMILES string of the molecule is O=C(c1cccs1)N(CC(=O)N1CCCC[C@H]1c1nc(-c2ccc(Cl)cc2)no1)Cc1ccccc1. The third-order valence-electron chi connectivity index (χ3n) is 6.21. The third-order valence-corrected chi connectivity index (χ3v) is 7.32. The first kappa shape index (κ1) is 24.2. The summed E-state index contributed by atoms with van der Waals surface area (Å²) in [6.07, 6.45) is 2.57. The highest BCUT2D eigenvalue weighted by molar-refractivity contribution is 7.12. The van der Waals surface area contributed by atoms with Crippen molar-refractivity contribution >= 4 is 34.8 Å². The molecule has 184 valence electrons. The number of nitrogens with zero attached hydrogens (tertiary/aromatic N) is 4. The standard InChI is InChI=1S/C27H25ClN4O3S/c28-21-13-11-20(12-14-21)25-29-26(35-30-25)22-9-4-5-15-32(22)24(33)18-31(17-19-7-2-1-3-8-19)27(34)23-10-6-16-36-23/h1-3,6-8,10-14,16,22H,4-5,9,15,17-18H2/t22-/m0/s1. The summed E-state index contributed by atoms with van der Waals surface area (Å²) in [5.41, 5.74) is 1.76. The van der Waals surface area contributed by atoms with E-state index in [-0.39, 0.29) is 24.4 Å². The molecule has 0 saturated carbocycles. The smallest absolute Gasteiger partial charge is 0.264 e. The lowest BCUT2D eigenvalue weighted by atomic mass is 10.0. The molecule has 1 aliphatic rings. The van der Waals surface area contributed by atoms with Crippen molar-refractivity contribution < 1.29 is 14.1 Å². The Labute approximate surface area is 218 Å². The van der Waals surface area contributed by atoms with Gasteiger partial charge < -0.3 is 14.3 Å². The van der Waals surface area contributed by atoms with Gasteiger partial charge in [0.1, 0.15) is 12.6 Å². The van der Waals surface area contributed by atoms with Crippen LogP contribution in [0.25, 0.3) is 11.4 Å². The largest absolute Gasteiger partial charge is 0.337 e. The zero-order chi connectivity index (χ0) is 24.9. The maximum absolute atomic E-state index is 13.6. The van der Waals surface area contributed by atoms with E-state index in [1.54, 1.807) is 28.0 Å². The predicted octanol–water partition coefficient (Wildman–Crippen LogP) is 5.85. The third kappa shape index (κ3) is 5.50. The molecule has 9 heteroatoms. The van der Waals surface area contributed by atoms with Gasteiger partial charge in [-0.2, -0.15) is 4.98 Å². The Balaban J connectivity index is 1.36. The Hall–Kier alpha value is -3.49. The van der Waals surface area contributed by atoms with Gasteiger partial charge in [-0.25, -0.2) is 0 Å². The molecule has 5 rings (SSSR count). The minimum Gasteiger partial charge on any atom is -0.337 e. The van der Waals surface area contributed by atoms with Crippen molar-refractivity contribution in [2.45, 2.75) is 31.8 Å². The van der Waals surface area contributed by atoms with Gasteiger partial charge >= 0.3 is 0 Å². The maximum atomic E-state index is 13.6. The molecule has 36 heavy (non-hydrogen) atoms. The molecule has 2 amide bonds. The number of amides is 2. The van der Waals surface area contributed by atoms with Crippen LogP contribution in [0.3, 0.4) is 0 Å². The topological polar surface area (TPSA) is 79.5 Å². The van der Waals surface area contributed by atoms with E-state index in [4.69, 9.17) is 16.1 Å². The van der Waals surface area contributed by atoms with Crippen LogP contribution in [0.4, 0.5) is 0 Å². The molecule has 1 aliphatic heterocycles. The summed E-state index contributed by atoms with van der Waals surface area (Å²) in [4.78, 5) is 35.5. The zero-order valence-electron chi connectivity index (χ0n) is 19.5. The van der Waals surface area contributed by atoms with Gasteiger partial charge in [0, 0.05) is 23.7 Å². The van der Waals surface area contributed by atoms with Crippen LogP contribution in [0, 0.1) is 0 Å². The Morgan fingerprint density at radius 1 is 1.06 bits per heavy atom. The molecule has 0 N–H and O–H groups in total. The number of hydrogen-bond acceptors (Lipinski definition) is 6. The summed E-state index contributed by atoms with van der Waals surface area (Å²) in [6, 6.07) is 20.2. The monoisotopic (exact) mass is 520 g/mol. The minimum absolute atomic E-state index is 0.0275. The molecule has 0 spiro atoms. The van der Waals surface area contributed by atoms with E-state index in [1.165, 1.54) is 11.3 Å². The Bertz CT molecular complexity index is 1310. The number of aromatic nitrogens is 2.